The molecule has 0 radical (unpaired) electrons. The number of benzene rings is 2. The van der Waals surface area contributed by atoms with Gasteiger partial charge in [0.05, 0.1) is 27.6 Å². The predicted octanol–water partition coefficient (Wildman–Crippen LogP) is 5.46. The minimum Gasteiger partial charge on any atom is -0.305 e. The summed E-state index contributed by atoms with van der Waals surface area (Å²) in [5.74, 6) is 0.617. The van der Waals surface area contributed by atoms with Crippen molar-refractivity contribution in [2.24, 2.45) is 0 Å². The van der Waals surface area contributed by atoms with Gasteiger partial charge in [-0.05, 0) is 36.4 Å². The van der Waals surface area contributed by atoms with E-state index in [1.54, 1.807) is 12.4 Å². The Balaban J connectivity index is 1.81. The fourth-order valence-electron chi connectivity index (χ4n) is 4.65. The van der Waals surface area contributed by atoms with Crippen LogP contribution in [0.25, 0.3) is 55.5 Å². The second-order valence-electron chi connectivity index (χ2n) is 7.66. The third-order valence-electron chi connectivity index (χ3n) is 5.92. The zero-order valence-corrected chi connectivity index (χ0v) is 16.9. The van der Waals surface area contributed by atoms with Crippen molar-refractivity contribution in [3.63, 3.8) is 0 Å². The molecule has 7 rings (SSSR count). The summed E-state index contributed by atoms with van der Waals surface area (Å²) in [5, 5.41) is 2.06. The van der Waals surface area contributed by atoms with Crippen molar-refractivity contribution in [3.05, 3.63) is 97.6 Å². The van der Waals surface area contributed by atoms with E-state index in [9.17, 15) is 0 Å². The minimum absolute atomic E-state index is 0.617. The van der Waals surface area contributed by atoms with Gasteiger partial charge in [-0.15, -0.1) is 0 Å². The quantitative estimate of drug-likeness (QED) is 0.378. The molecule has 5 heterocycles. The maximum absolute atomic E-state index is 4.91. The van der Waals surface area contributed by atoms with Gasteiger partial charge >= 0.3 is 0 Å². The van der Waals surface area contributed by atoms with E-state index in [2.05, 4.69) is 61.6 Å². The summed E-state index contributed by atoms with van der Waals surface area (Å²) in [6, 6.07) is 24.5. The van der Waals surface area contributed by atoms with Gasteiger partial charge in [0.1, 0.15) is 5.52 Å². The van der Waals surface area contributed by atoms with Crippen LogP contribution in [0.2, 0.25) is 0 Å². The van der Waals surface area contributed by atoms with Gasteiger partial charge in [-0.3, -0.25) is 14.5 Å². The molecule has 0 N–H and O–H groups in total. The van der Waals surface area contributed by atoms with Crippen molar-refractivity contribution in [2.75, 3.05) is 0 Å². The molecule has 5 aromatic heterocycles. The van der Waals surface area contributed by atoms with E-state index in [1.165, 1.54) is 0 Å². The highest BCUT2D eigenvalue weighted by Crippen LogP contribution is 2.39. The first-order valence-corrected chi connectivity index (χ1v) is 10.4. The topological polar surface area (TPSA) is 61.4 Å². The number of fused-ring (bicyclic) bond motifs is 7. The SMILES string of the molecule is c1ccc(-n2c3cccnc3c3cnc4c5ccccc5n(-c5ncccn5)c4c32)cc1. The fourth-order valence-corrected chi connectivity index (χ4v) is 4.65. The molecule has 6 heteroatoms. The Morgan fingerprint density at radius 3 is 2.12 bits per heavy atom. The molecule has 0 fully saturated rings. The molecule has 0 bridgehead atoms. The Hall–Kier alpha value is -4.58. The second kappa shape index (κ2) is 6.46. The highest BCUT2D eigenvalue weighted by atomic mass is 15.2. The van der Waals surface area contributed by atoms with Crippen molar-refractivity contribution >= 4 is 43.9 Å². The van der Waals surface area contributed by atoms with Crippen LogP contribution in [0.1, 0.15) is 0 Å². The molecular weight excluding hydrogens is 396 g/mol. The monoisotopic (exact) mass is 412 g/mol. The van der Waals surface area contributed by atoms with Crippen LogP contribution in [-0.4, -0.2) is 29.1 Å². The summed E-state index contributed by atoms with van der Waals surface area (Å²) >= 11 is 0. The Labute approximate surface area is 182 Å². The summed E-state index contributed by atoms with van der Waals surface area (Å²) in [6.45, 7) is 0. The molecule has 0 atom stereocenters. The van der Waals surface area contributed by atoms with Gasteiger partial charge in [-0.1, -0.05) is 36.4 Å². The Morgan fingerprint density at radius 2 is 1.25 bits per heavy atom. The predicted molar refractivity (Wildman–Crippen MR) is 126 cm³/mol. The average Bonchev–Trinajstić information content (AvgIpc) is 3.38. The van der Waals surface area contributed by atoms with Crippen molar-refractivity contribution in [2.45, 2.75) is 0 Å². The molecule has 6 nitrogen and oxygen atoms in total. The van der Waals surface area contributed by atoms with E-state index >= 15 is 0 Å². The second-order valence-corrected chi connectivity index (χ2v) is 7.66. The largest absolute Gasteiger partial charge is 0.305 e. The summed E-state index contributed by atoms with van der Waals surface area (Å²) in [6.07, 6.45) is 7.31. The molecule has 0 aliphatic carbocycles. The number of aromatic nitrogens is 6. The first kappa shape index (κ1) is 17.1. The molecule has 0 saturated heterocycles. The summed E-state index contributed by atoms with van der Waals surface area (Å²) in [7, 11) is 0. The molecular formula is C26H16N6. The molecule has 0 spiro atoms. The normalized spacial score (nSPS) is 11.8. The van der Waals surface area contributed by atoms with Crippen LogP contribution in [0.4, 0.5) is 0 Å². The number of hydrogen-bond acceptors (Lipinski definition) is 4. The van der Waals surface area contributed by atoms with Crippen molar-refractivity contribution < 1.29 is 0 Å². The van der Waals surface area contributed by atoms with Crippen molar-refractivity contribution in [3.8, 4) is 11.6 Å². The van der Waals surface area contributed by atoms with Gasteiger partial charge in [0.2, 0.25) is 5.95 Å². The molecule has 0 unspecified atom stereocenters. The minimum atomic E-state index is 0.617. The Bertz CT molecular complexity index is 1630. The maximum atomic E-state index is 4.91. The van der Waals surface area contributed by atoms with Gasteiger partial charge in [-0.2, -0.15) is 0 Å². The molecule has 0 saturated carbocycles. The number of hydrogen-bond donors (Lipinski definition) is 0. The number of nitrogens with zero attached hydrogens (tertiary/aromatic N) is 6. The lowest BCUT2D eigenvalue weighted by atomic mass is 10.2. The highest BCUT2D eigenvalue weighted by Gasteiger charge is 2.22. The van der Waals surface area contributed by atoms with E-state index in [0.717, 1.165) is 49.6 Å². The standard InChI is InChI=1S/C26H16N6/c1-2-8-17(9-3-1)31-21-12-6-13-27-22(21)19-16-30-23-18-10-4-5-11-20(18)32(25(23)24(19)31)26-28-14-7-15-29-26/h1-16H. The van der Waals surface area contributed by atoms with E-state index in [0.29, 0.717) is 5.95 Å². The third-order valence-corrected chi connectivity index (χ3v) is 5.92. The Kier molecular flexibility index (Phi) is 3.46. The zero-order chi connectivity index (χ0) is 21.1. The first-order valence-electron chi connectivity index (χ1n) is 10.4. The van der Waals surface area contributed by atoms with E-state index in [-0.39, 0.29) is 0 Å². The van der Waals surface area contributed by atoms with Gasteiger partial charge in [0.15, 0.2) is 0 Å². The molecule has 7 aromatic rings. The van der Waals surface area contributed by atoms with Gasteiger partial charge < -0.3 is 4.57 Å². The Morgan fingerprint density at radius 1 is 0.500 bits per heavy atom. The zero-order valence-electron chi connectivity index (χ0n) is 16.9. The number of para-hydroxylation sites is 2. The van der Waals surface area contributed by atoms with Gasteiger partial charge in [0, 0.05) is 41.2 Å². The fraction of sp³-hybridized carbons (Fsp3) is 0. The van der Waals surface area contributed by atoms with Crippen LogP contribution in [0.3, 0.4) is 0 Å². The smallest absolute Gasteiger partial charge is 0.234 e. The van der Waals surface area contributed by atoms with Crippen molar-refractivity contribution in [1.82, 2.24) is 29.1 Å². The molecule has 2 aromatic carbocycles. The van der Waals surface area contributed by atoms with E-state index < -0.39 is 0 Å². The van der Waals surface area contributed by atoms with Gasteiger partial charge in [0.25, 0.3) is 0 Å². The summed E-state index contributed by atoms with van der Waals surface area (Å²) < 4.78 is 4.37. The average molecular weight is 412 g/mol. The molecule has 0 aliphatic heterocycles. The highest BCUT2D eigenvalue weighted by molar-refractivity contribution is 6.21. The third kappa shape index (κ3) is 2.23. The molecule has 0 amide bonds. The van der Waals surface area contributed by atoms with Crippen LogP contribution in [0.5, 0.6) is 0 Å². The summed E-state index contributed by atoms with van der Waals surface area (Å²) in [4.78, 5) is 18.8. The van der Waals surface area contributed by atoms with Crippen LogP contribution >= 0.6 is 0 Å². The maximum Gasteiger partial charge on any atom is 0.234 e. The number of rotatable bonds is 2. The lowest BCUT2D eigenvalue weighted by Crippen LogP contribution is -2.02. The molecule has 150 valence electrons. The molecule has 0 aliphatic rings. The van der Waals surface area contributed by atoms with E-state index in [4.69, 9.17) is 9.97 Å². The lowest BCUT2D eigenvalue weighted by Gasteiger charge is -2.10. The first-order chi connectivity index (χ1) is 15.9. The van der Waals surface area contributed by atoms with Crippen LogP contribution in [0.15, 0.2) is 97.6 Å². The van der Waals surface area contributed by atoms with Crippen molar-refractivity contribution in [1.29, 1.82) is 0 Å². The van der Waals surface area contributed by atoms with Crippen LogP contribution < -0.4 is 0 Å². The summed E-state index contributed by atoms with van der Waals surface area (Å²) in [5.41, 5.74) is 6.97. The number of pyridine rings is 2. The lowest BCUT2D eigenvalue weighted by molar-refractivity contribution is 0.987. The van der Waals surface area contributed by atoms with Crippen LogP contribution in [-0.2, 0) is 0 Å². The van der Waals surface area contributed by atoms with Crippen LogP contribution in [0, 0.1) is 0 Å². The van der Waals surface area contributed by atoms with E-state index in [1.807, 2.05) is 42.7 Å². The van der Waals surface area contributed by atoms with Gasteiger partial charge in [-0.25, -0.2) is 9.97 Å². The molecule has 32 heavy (non-hydrogen) atoms.